The van der Waals surface area contributed by atoms with Gasteiger partial charge in [-0.15, -0.1) is 0 Å². The highest BCUT2D eigenvalue weighted by Gasteiger charge is 2.41. The van der Waals surface area contributed by atoms with Crippen LogP contribution in [0.3, 0.4) is 0 Å². The number of likely N-dealkylation sites (tertiary alicyclic amines) is 2. The van der Waals surface area contributed by atoms with Crippen LogP contribution in [-0.4, -0.2) is 93.1 Å². The van der Waals surface area contributed by atoms with Crippen LogP contribution < -0.4 is 20.4 Å². The lowest BCUT2D eigenvalue weighted by Crippen LogP contribution is -2.45. The van der Waals surface area contributed by atoms with Gasteiger partial charge >= 0.3 is 12.2 Å². The minimum absolute atomic E-state index is 0.0126. The van der Waals surface area contributed by atoms with Crippen molar-refractivity contribution in [2.45, 2.75) is 134 Å². The summed E-state index contributed by atoms with van der Waals surface area (Å²) in [6, 6.07) is 25.6. The third-order valence-electron chi connectivity index (χ3n) is 13.8. The summed E-state index contributed by atoms with van der Waals surface area (Å²) >= 11 is 0. The van der Waals surface area contributed by atoms with Gasteiger partial charge in [-0.3, -0.25) is 39.6 Å². The zero-order chi connectivity index (χ0) is 50.8. The van der Waals surface area contributed by atoms with Crippen molar-refractivity contribution in [2.24, 2.45) is 0 Å². The Morgan fingerprint density at radius 2 is 0.986 bits per heavy atom. The molecular weight excluding hydrogens is 909 g/mol. The minimum atomic E-state index is -0.869. The van der Waals surface area contributed by atoms with E-state index in [0.29, 0.717) is 68.7 Å². The summed E-state index contributed by atoms with van der Waals surface area (Å²) in [5.74, 6) is -0.628. The van der Waals surface area contributed by atoms with Crippen molar-refractivity contribution < 1.29 is 38.5 Å². The third-order valence-corrected chi connectivity index (χ3v) is 13.8. The van der Waals surface area contributed by atoms with Gasteiger partial charge in [-0.05, 0) is 152 Å². The van der Waals surface area contributed by atoms with Crippen LogP contribution in [0.2, 0.25) is 0 Å². The molecule has 4 heterocycles. The van der Waals surface area contributed by atoms with Crippen molar-refractivity contribution in [3.8, 4) is 0 Å². The smallest absolute Gasteiger partial charge is 0.410 e. The van der Waals surface area contributed by atoms with Gasteiger partial charge in [-0.25, -0.2) is 9.59 Å². The summed E-state index contributed by atoms with van der Waals surface area (Å²) in [4.78, 5) is 85.1. The number of nitrogens with one attached hydrogen (secondary N) is 2. The topological polar surface area (TPSA) is 210 Å². The SMILES string of the molecule is CC(C)(C)OC(=O)N1CCC[C@H]1C(=O)Nc1ccc([C@H]2CC[C@H](c3ccc(NC(=O)[C@@H]4CCCN4C(=O)OC(C)(C)C)c([N+](=O)[O-])c3)N2c2ccc(N3CCC(c4ccccc4)CC3)cc2)cc1[N+](=O)[O-]. The van der Waals surface area contributed by atoms with Crippen LogP contribution in [0, 0.1) is 20.2 Å². The molecule has 0 bridgehead atoms. The number of carbonyl (C=O) groups is 4. The number of nitro benzene ring substituents is 2. The van der Waals surface area contributed by atoms with Crippen molar-refractivity contribution in [2.75, 3.05) is 46.6 Å². The Morgan fingerprint density at radius 3 is 1.41 bits per heavy atom. The van der Waals surface area contributed by atoms with Gasteiger partial charge in [0.2, 0.25) is 11.8 Å². The fraction of sp³-hybridized carbons (Fsp3) is 0.472. The molecule has 4 amide bonds. The molecule has 0 unspecified atom stereocenters. The molecule has 4 aromatic carbocycles. The highest BCUT2D eigenvalue weighted by atomic mass is 16.6. The van der Waals surface area contributed by atoms with E-state index in [1.807, 2.05) is 18.2 Å². The fourth-order valence-corrected chi connectivity index (χ4v) is 10.5. The first kappa shape index (κ1) is 50.2. The van der Waals surface area contributed by atoms with E-state index >= 15 is 0 Å². The molecule has 0 radical (unpaired) electrons. The molecule has 71 heavy (non-hydrogen) atoms. The molecule has 4 fully saturated rings. The Morgan fingerprint density at radius 1 is 0.549 bits per heavy atom. The quantitative estimate of drug-likeness (QED) is 0.106. The van der Waals surface area contributed by atoms with Crippen molar-refractivity contribution in [1.29, 1.82) is 0 Å². The van der Waals surface area contributed by atoms with Gasteiger partial charge in [-0.2, -0.15) is 0 Å². The Bertz CT molecular complexity index is 2510. The number of hydrogen-bond acceptors (Lipinski definition) is 12. The van der Waals surface area contributed by atoms with E-state index in [2.05, 4.69) is 56.8 Å². The highest BCUT2D eigenvalue weighted by Crippen LogP contribution is 2.49. The van der Waals surface area contributed by atoms with Gasteiger partial charge < -0.3 is 29.9 Å². The van der Waals surface area contributed by atoms with Crippen LogP contribution in [0.25, 0.3) is 0 Å². The Kier molecular flexibility index (Phi) is 14.6. The highest BCUT2D eigenvalue weighted by molar-refractivity contribution is 5.99. The van der Waals surface area contributed by atoms with Gasteiger partial charge in [0, 0.05) is 49.7 Å². The standard InChI is InChI=1S/C53H64N8O10/c1-52(2,3)70-50(64)57-28-10-14-44(57)48(62)54-40-22-16-36(32-46(40)60(66)67)42-24-25-43(59(42)39-20-18-38(19-21-39)56-30-26-35(27-31-56)34-12-8-7-9-13-34)37-17-23-41(47(33-37)61(68)69)55-49(63)45-15-11-29-58(45)51(65)71-53(4,5)6/h7-9,12-13,16-23,32-33,35,42-45H,10-11,14-15,24-31H2,1-6H3,(H,54,62)(H,55,63)/t42-,43-,44+,45+/m1/s1. The lowest BCUT2D eigenvalue weighted by Gasteiger charge is -2.35. The first-order valence-electron chi connectivity index (χ1n) is 24.6. The Balaban J connectivity index is 1.08. The first-order valence-corrected chi connectivity index (χ1v) is 24.6. The van der Waals surface area contributed by atoms with Crippen LogP contribution in [0.5, 0.6) is 0 Å². The number of piperidine rings is 1. The summed E-state index contributed by atoms with van der Waals surface area (Å²) in [5, 5.41) is 31.0. The number of benzene rings is 4. The maximum atomic E-state index is 13.7. The van der Waals surface area contributed by atoms with Gasteiger partial charge in [0.1, 0.15) is 34.7 Å². The Labute approximate surface area is 413 Å². The zero-order valence-corrected chi connectivity index (χ0v) is 41.3. The molecular formula is C53H64N8O10. The summed E-state index contributed by atoms with van der Waals surface area (Å²) in [6.07, 6.45) is 3.69. The van der Waals surface area contributed by atoms with Gasteiger partial charge in [0.05, 0.1) is 21.9 Å². The molecule has 2 N–H and O–H groups in total. The van der Waals surface area contributed by atoms with Crippen molar-refractivity contribution in [3.63, 3.8) is 0 Å². The molecule has 0 aromatic heterocycles. The molecule has 8 rings (SSSR count). The molecule has 0 spiro atoms. The van der Waals surface area contributed by atoms with E-state index in [9.17, 15) is 39.4 Å². The largest absolute Gasteiger partial charge is 0.444 e. The van der Waals surface area contributed by atoms with Crippen LogP contribution >= 0.6 is 0 Å². The molecule has 18 nitrogen and oxygen atoms in total. The average Bonchev–Trinajstić information content (AvgIpc) is 4.13. The second-order valence-electron chi connectivity index (χ2n) is 20.9. The van der Waals surface area contributed by atoms with E-state index in [0.717, 1.165) is 37.3 Å². The number of amides is 4. The molecule has 376 valence electrons. The summed E-state index contributed by atoms with van der Waals surface area (Å²) < 4.78 is 11.1. The van der Waals surface area contributed by atoms with Crippen LogP contribution in [0.15, 0.2) is 91.0 Å². The molecule has 4 aromatic rings. The predicted molar refractivity (Wildman–Crippen MR) is 270 cm³/mol. The van der Waals surface area contributed by atoms with Crippen molar-refractivity contribution >= 4 is 58.1 Å². The molecule has 4 aliphatic heterocycles. The number of rotatable bonds is 11. The molecule has 0 saturated carbocycles. The van der Waals surface area contributed by atoms with Crippen LogP contribution in [0.1, 0.15) is 128 Å². The zero-order valence-electron chi connectivity index (χ0n) is 41.3. The lowest BCUT2D eigenvalue weighted by molar-refractivity contribution is -0.384. The number of ether oxygens (including phenoxy) is 2. The average molecular weight is 973 g/mol. The molecule has 4 atom stereocenters. The number of hydrogen-bond donors (Lipinski definition) is 2. The molecule has 18 heteroatoms. The maximum Gasteiger partial charge on any atom is 0.410 e. The Hall–Kier alpha value is -7.24. The summed E-state index contributed by atoms with van der Waals surface area (Å²) in [6.45, 7) is 12.8. The molecule has 4 saturated heterocycles. The van der Waals surface area contributed by atoms with E-state index in [1.54, 1.807) is 53.7 Å². The number of nitrogens with zero attached hydrogens (tertiary/aromatic N) is 6. The molecule has 0 aliphatic carbocycles. The maximum absolute atomic E-state index is 13.7. The van der Waals surface area contributed by atoms with E-state index in [-0.39, 0.29) is 22.7 Å². The number of carbonyl (C=O) groups excluding carboxylic acids is 4. The lowest BCUT2D eigenvalue weighted by atomic mass is 9.89. The van der Waals surface area contributed by atoms with E-state index in [1.165, 1.54) is 39.6 Å². The monoisotopic (exact) mass is 972 g/mol. The second kappa shape index (κ2) is 20.6. The predicted octanol–water partition coefficient (Wildman–Crippen LogP) is 10.6. The molecule has 4 aliphatic rings. The summed E-state index contributed by atoms with van der Waals surface area (Å²) in [5.41, 5.74) is 2.19. The third kappa shape index (κ3) is 11.5. The van der Waals surface area contributed by atoms with E-state index < -0.39 is 69.2 Å². The second-order valence-corrected chi connectivity index (χ2v) is 20.9. The number of nitro groups is 2. The van der Waals surface area contributed by atoms with Crippen molar-refractivity contribution in [1.82, 2.24) is 9.80 Å². The van der Waals surface area contributed by atoms with Crippen LogP contribution in [0.4, 0.5) is 43.7 Å². The summed E-state index contributed by atoms with van der Waals surface area (Å²) in [7, 11) is 0. The van der Waals surface area contributed by atoms with Crippen LogP contribution in [-0.2, 0) is 19.1 Å². The number of anilines is 4. The minimum Gasteiger partial charge on any atom is -0.444 e. The van der Waals surface area contributed by atoms with Gasteiger partial charge in [-0.1, -0.05) is 42.5 Å². The van der Waals surface area contributed by atoms with Crippen molar-refractivity contribution in [3.05, 3.63) is 128 Å². The van der Waals surface area contributed by atoms with E-state index in [4.69, 9.17) is 9.47 Å². The van der Waals surface area contributed by atoms with Gasteiger partial charge in [0.15, 0.2) is 0 Å². The first-order chi connectivity index (χ1) is 33.7. The fourth-order valence-electron chi connectivity index (χ4n) is 10.5. The normalized spacial score (nSPS) is 20.7. The van der Waals surface area contributed by atoms with Gasteiger partial charge in [0.25, 0.3) is 11.4 Å².